The van der Waals surface area contributed by atoms with E-state index >= 15 is 0 Å². The minimum absolute atomic E-state index is 0.0966. The number of rotatable bonds is 4. The van der Waals surface area contributed by atoms with E-state index in [4.69, 9.17) is 17.3 Å². The molecule has 0 saturated carbocycles. The maximum Gasteiger partial charge on any atom is 0.257 e. The Labute approximate surface area is 138 Å². The maximum atomic E-state index is 12.7. The first-order valence-corrected chi connectivity index (χ1v) is 7.79. The topological polar surface area (TPSA) is 92.1 Å². The first-order chi connectivity index (χ1) is 11.0. The molecule has 2 aromatic rings. The Morgan fingerprint density at radius 1 is 1.43 bits per heavy atom. The Bertz CT molecular complexity index is 743. The molecular weight excluding hydrogens is 316 g/mol. The number of H-pyrrole nitrogens is 1. The summed E-state index contributed by atoms with van der Waals surface area (Å²) >= 11 is 6.01. The van der Waals surface area contributed by atoms with Gasteiger partial charge in [0.05, 0.1) is 17.5 Å². The van der Waals surface area contributed by atoms with E-state index in [1.54, 1.807) is 17.0 Å². The van der Waals surface area contributed by atoms with Gasteiger partial charge in [0.15, 0.2) is 0 Å². The van der Waals surface area contributed by atoms with Crippen LogP contribution in [0.15, 0.2) is 30.5 Å². The number of benzene rings is 1. The van der Waals surface area contributed by atoms with E-state index < -0.39 is 0 Å². The fourth-order valence-electron chi connectivity index (χ4n) is 2.95. The second-order valence-electron chi connectivity index (χ2n) is 5.75. The van der Waals surface area contributed by atoms with E-state index in [0.29, 0.717) is 35.8 Å². The quantitative estimate of drug-likeness (QED) is 0.897. The number of primary amides is 1. The summed E-state index contributed by atoms with van der Waals surface area (Å²) in [7, 11) is 0. The first-order valence-electron chi connectivity index (χ1n) is 7.41. The number of hydrogen-bond donors (Lipinski definition) is 2. The number of nitrogens with two attached hydrogens (primary N) is 1. The van der Waals surface area contributed by atoms with Crippen LogP contribution < -0.4 is 5.73 Å². The molecule has 120 valence electrons. The van der Waals surface area contributed by atoms with Crippen molar-refractivity contribution in [2.24, 2.45) is 11.7 Å². The molecule has 1 atom stereocenters. The van der Waals surface area contributed by atoms with Crippen LogP contribution in [0.3, 0.4) is 0 Å². The fraction of sp³-hybridized carbons (Fsp3) is 0.312. The van der Waals surface area contributed by atoms with Gasteiger partial charge in [-0.2, -0.15) is 5.10 Å². The average molecular weight is 333 g/mol. The summed E-state index contributed by atoms with van der Waals surface area (Å²) in [5, 5.41) is 7.46. The highest BCUT2D eigenvalue weighted by atomic mass is 35.5. The lowest BCUT2D eigenvalue weighted by atomic mass is 10.1. The summed E-state index contributed by atoms with van der Waals surface area (Å²) in [4.78, 5) is 25.5. The molecule has 1 aliphatic heterocycles. The Morgan fingerprint density at radius 3 is 3.00 bits per heavy atom. The van der Waals surface area contributed by atoms with Crippen molar-refractivity contribution < 1.29 is 9.59 Å². The van der Waals surface area contributed by atoms with E-state index in [1.165, 1.54) is 6.20 Å². The summed E-state index contributed by atoms with van der Waals surface area (Å²) in [6.07, 6.45) is 2.63. The van der Waals surface area contributed by atoms with Gasteiger partial charge in [0, 0.05) is 30.1 Å². The minimum atomic E-state index is -0.327. The van der Waals surface area contributed by atoms with Crippen LogP contribution in [0.25, 0.3) is 11.3 Å². The number of aromatic amines is 1. The van der Waals surface area contributed by atoms with Gasteiger partial charge >= 0.3 is 0 Å². The van der Waals surface area contributed by atoms with Crippen LogP contribution in [0.5, 0.6) is 0 Å². The Hall–Kier alpha value is -2.34. The van der Waals surface area contributed by atoms with Crippen molar-refractivity contribution in [3.8, 4) is 11.3 Å². The van der Waals surface area contributed by atoms with Gasteiger partial charge in [-0.3, -0.25) is 14.7 Å². The molecular formula is C16H17ClN4O2. The van der Waals surface area contributed by atoms with E-state index in [9.17, 15) is 9.59 Å². The Balaban J connectivity index is 1.79. The first kappa shape index (κ1) is 15.6. The van der Waals surface area contributed by atoms with Crippen molar-refractivity contribution in [1.82, 2.24) is 15.1 Å². The molecule has 1 aliphatic rings. The zero-order valence-corrected chi connectivity index (χ0v) is 13.2. The van der Waals surface area contributed by atoms with E-state index in [0.717, 1.165) is 12.0 Å². The second kappa shape index (κ2) is 6.42. The number of nitrogens with one attached hydrogen (secondary N) is 1. The molecule has 0 spiro atoms. The highest BCUT2D eigenvalue weighted by Gasteiger charge is 2.29. The predicted octanol–water partition coefficient (Wildman–Crippen LogP) is 2.07. The van der Waals surface area contributed by atoms with Gasteiger partial charge in [0.25, 0.3) is 5.91 Å². The third-order valence-corrected chi connectivity index (χ3v) is 4.28. The number of halogens is 1. The molecule has 3 N–H and O–H groups in total. The molecule has 1 aromatic carbocycles. The normalized spacial score (nSPS) is 17.4. The predicted molar refractivity (Wildman–Crippen MR) is 86.9 cm³/mol. The zero-order chi connectivity index (χ0) is 16.4. The molecule has 2 amide bonds. The van der Waals surface area contributed by atoms with Crippen molar-refractivity contribution in [3.63, 3.8) is 0 Å². The highest BCUT2D eigenvalue weighted by Crippen LogP contribution is 2.27. The molecule has 23 heavy (non-hydrogen) atoms. The number of amides is 2. The molecule has 2 heterocycles. The van der Waals surface area contributed by atoms with Crippen molar-refractivity contribution in [1.29, 1.82) is 0 Å². The third-order valence-electron chi connectivity index (χ3n) is 4.05. The van der Waals surface area contributed by atoms with Gasteiger partial charge in [-0.05, 0) is 24.5 Å². The average Bonchev–Trinajstić information content (AvgIpc) is 3.15. The summed E-state index contributed by atoms with van der Waals surface area (Å²) < 4.78 is 0. The van der Waals surface area contributed by atoms with Crippen LogP contribution >= 0.6 is 11.6 Å². The Kier molecular flexibility index (Phi) is 4.34. The van der Waals surface area contributed by atoms with Crippen molar-refractivity contribution >= 4 is 23.4 Å². The van der Waals surface area contributed by atoms with E-state index in [2.05, 4.69) is 10.2 Å². The molecule has 1 unspecified atom stereocenters. The smallest absolute Gasteiger partial charge is 0.257 e. The number of carbonyl (C=O) groups excluding carboxylic acids is 2. The van der Waals surface area contributed by atoms with Crippen LogP contribution in [0, 0.1) is 5.92 Å². The van der Waals surface area contributed by atoms with Crippen LogP contribution in [-0.2, 0) is 4.79 Å². The number of nitrogens with zero attached hydrogens (tertiary/aromatic N) is 2. The van der Waals surface area contributed by atoms with Gasteiger partial charge in [-0.15, -0.1) is 0 Å². The van der Waals surface area contributed by atoms with Crippen LogP contribution in [-0.4, -0.2) is 40.0 Å². The molecule has 1 saturated heterocycles. The zero-order valence-electron chi connectivity index (χ0n) is 12.5. The number of hydrogen-bond acceptors (Lipinski definition) is 3. The number of carbonyl (C=O) groups is 2. The van der Waals surface area contributed by atoms with Gasteiger partial charge in [-0.25, -0.2) is 0 Å². The summed E-state index contributed by atoms with van der Waals surface area (Å²) in [5.41, 5.74) is 7.20. The standard InChI is InChI=1S/C16H17ClN4O2/c17-12-3-1-2-11(7-12)15-13(8-19-20-15)16(23)21-5-4-10(9-21)6-14(18)22/h1-3,7-8,10H,4-6,9H2,(H2,18,22)(H,19,20). The van der Waals surface area contributed by atoms with Crippen LogP contribution in [0.2, 0.25) is 5.02 Å². The minimum Gasteiger partial charge on any atom is -0.370 e. The maximum absolute atomic E-state index is 12.7. The lowest BCUT2D eigenvalue weighted by molar-refractivity contribution is -0.118. The molecule has 1 aromatic heterocycles. The highest BCUT2D eigenvalue weighted by molar-refractivity contribution is 6.30. The van der Waals surface area contributed by atoms with E-state index in [1.807, 2.05) is 12.1 Å². The van der Waals surface area contributed by atoms with Crippen molar-refractivity contribution in [3.05, 3.63) is 41.0 Å². The third kappa shape index (κ3) is 3.37. The van der Waals surface area contributed by atoms with Gasteiger partial charge in [0.1, 0.15) is 0 Å². The summed E-state index contributed by atoms with van der Waals surface area (Å²) in [5.74, 6) is -0.286. The number of likely N-dealkylation sites (tertiary alicyclic amines) is 1. The number of aromatic nitrogens is 2. The molecule has 6 nitrogen and oxygen atoms in total. The second-order valence-corrected chi connectivity index (χ2v) is 6.18. The lowest BCUT2D eigenvalue weighted by Crippen LogP contribution is -2.29. The summed E-state index contributed by atoms with van der Waals surface area (Å²) in [6.45, 7) is 1.17. The van der Waals surface area contributed by atoms with Crippen molar-refractivity contribution in [2.45, 2.75) is 12.8 Å². The van der Waals surface area contributed by atoms with Gasteiger partial charge in [0.2, 0.25) is 5.91 Å². The molecule has 3 rings (SSSR count). The lowest BCUT2D eigenvalue weighted by Gasteiger charge is -2.16. The van der Waals surface area contributed by atoms with Crippen molar-refractivity contribution in [2.75, 3.05) is 13.1 Å². The molecule has 0 aliphatic carbocycles. The fourth-order valence-corrected chi connectivity index (χ4v) is 3.14. The van der Waals surface area contributed by atoms with E-state index in [-0.39, 0.29) is 17.7 Å². The van der Waals surface area contributed by atoms with Crippen LogP contribution in [0.1, 0.15) is 23.2 Å². The molecule has 7 heteroatoms. The monoisotopic (exact) mass is 332 g/mol. The molecule has 0 radical (unpaired) electrons. The molecule has 0 bridgehead atoms. The van der Waals surface area contributed by atoms with Gasteiger partial charge in [-0.1, -0.05) is 23.7 Å². The SMILES string of the molecule is NC(=O)CC1CCN(C(=O)c2cn[nH]c2-c2cccc(Cl)c2)C1. The Morgan fingerprint density at radius 2 is 2.26 bits per heavy atom. The van der Waals surface area contributed by atoms with Gasteiger partial charge < -0.3 is 10.6 Å². The largest absolute Gasteiger partial charge is 0.370 e. The molecule has 1 fully saturated rings. The van der Waals surface area contributed by atoms with Crippen LogP contribution in [0.4, 0.5) is 0 Å². The summed E-state index contributed by atoms with van der Waals surface area (Å²) in [6, 6.07) is 7.26.